The summed E-state index contributed by atoms with van der Waals surface area (Å²) in [5.41, 5.74) is 1.94. The van der Waals surface area contributed by atoms with E-state index in [1.807, 2.05) is 13.1 Å². The van der Waals surface area contributed by atoms with Gasteiger partial charge in [0.25, 0.3) is 10.0 Å². The number of aryl methyl sites for hydroxylation is 1. The van der Waals surface area contributed by atoms with Crippen LogP contribution >= 0.6 is 23.2 Å². The fraction of sp³-hybridized carbons (Fsp3) is 0.118. The third-order valence-corrected chi connectivity index (χ3v) is 5.37. The van der Waals surface area contributed by atoms with Crippen LogP contribution < -0.4 is 9.46 Å². The largest absolute Gasteiger partial charge is 0.494 e. The number of anilines is 1. The first-order chi connectivity index (χ1) is 12.3. The normalized spacial score (nSPS) is 11.4. The van der Waals surface area contributed by atoms with Gasteiger partial charge in [-0.25, -0.2) is 13.4 Å². The maximum Gasteiger partial charge on any atom is 0.261 e. The van der Waals surface area contributed by atoms with Gasteiger partial charge >= 0.3 is 0 Å². The molecule has 0 radical (unpaired) electrons. The van der Waals surface area contributed by atoms with Crippen LogP contribution in [0.3, 0.4) is 0 Å². The number of nitrogens with one attached hydrogen (secondary N) is 1. The molecule has 0 unspecified atom stereocenters. The van der Waals surface area contributed by atoms with E-state index in [4.69, 9.17) is 27.9 Å². The molecule has 0 spiro atoms. The minimum atomic E-state index is -3.85. The minimum absolute atomic E-state index is 0.0247. The average molecular weight is 412 g/mol. The van der Waals surface area contributed by atoms with Gasteiger partial charge in [-0.2, -0.15) is 0 Å². The van der Waals surface area contributed by atoms with Crippen LogP contribution in [0, 0.1) is 6.92 Å². The van der Waals surface area contributed by atoms with Gasteiger partial charge in [0.1, 0.15) is 5.75 Å². The second-order valence-corrected chi connectivity index (χ2v) is 8.07. The number of halogens is 2. The average Bonchev–Trinajstić information content (AvgIpc) is 2.99. The third-order valence-electron chi connectivity index (χ3n) is 3.57. The quantitative estimate of drug-likeness (QED) is 0.678. The van der Waals surface area contributed by atoms with Crippen LogP contribution in [0.4, 0.5) is 5.69 Å². The molecule has 0 saturated heterocycles. The van der Waals surface area contributed by atoms with Crippen LogP contribution in [0.1, 0.15) is 5.69 Å². The Balaban J connectivity index is 1.95. The lowest BCUT2D eigenvalue weighted by molar-refractivity contribution is 0.413. The summed E-state index contributed by atoms with van der Waals surface area (Å²) in [6, 6.07) is 9.09. The van der Waals surface area contributed by atoms with Crippen molar-refractivity contribution in [3.8, 4) is 11.4 Å². The highest BCUT2D eigenvalue weighted by molar-refractivity contribution is 7.92. The van der Waals surface area contributed by atoms with Crippen LogP contribution in [0.5, 0.6) is 5.75 Å². The summed E-state index contributed by atoms with van der Waals surface area (Å²) in [4.78, 5) is 4.15. The van der Waals surface area contributed by atoms with Crippen molar-refractivity contribution in [2.24, 2.45) is 0 Å². The van der Waals surface area contributed by atoms with Gasteiger partial charge in [0.2, 0.25) is 0 Å². The van der Waals surface area contributed by atoms with Crippen molar-refractivity contribution in [3.63, 3.8) is 0 Å². The fourth-order valence-corrected chi connectivity index (χ4v) is 4.18. The zero-order chi connectivity index (χ0) is 18.9. The second-order valence-electron chi connectivity index (χ2n) is 5.52. The summed E-state index contributed by atoms with van der Waals surface area (Å²) in [6.45, 7) is 1.88. The van der Waals surface area contributed by atoms with Crippen molar-refractivity contribution in [1.29, 1.82) is 0 Å². The lowest BCUT2D eigenvalue weighted by atomic mass is 10.2. The number of nitrogens with zero attached hydrogens (tertiary/aromatic N) is 2. The summed E-state index contributed by atoms with van der Waals surface area (Å²) >= 11 is 11.8. The van der Waals surface area contributed by atoms with E-state index in [1.165, 1.54) is 25.3 Å². The topological polar surface area (TPSA) is 73.2 Å². The molecule has 0 fully saturated rings. The van der Waals surface area contributed by atoms with Gasteiger partial charge in [-0.3, -0.25) is 4.72 Å². The van der Waals surface area contributed by atoms with Gasteiger partial charge in [-0.15, -0.1) is 0 Å². The Morgan fingerprint density at radius 2 is 1.81 bits per heavy atom. The molecule has 136 valence electrons. The van der Waals surface area contributed by atoms with Crippen LogP contribution in [0.15, 0.2) is 53.8 Å². The SMILES string of the molecule is COc1cc(NS(=O)(=O)c2cc(Cl)cc(Cl)c2)ccc1-n1cnc(C)c1. The molecular formula is C17H15Cl2N3O3S. The highest BCUT2D eigenvalue weighted by Gasteiger charge is 2.17. The van der Waals surface area contributed by atoms with Gasteiger partial charge in [0, 0.05) is 22.3 Å². The molecule has 0 amide bonds. The van der Waals surface area contributed by atoms with Crippen molar-refractivity contribution in [1.82, 2.24) is 9.55 Å². The molecule has 1 heterocycles. The monoisotopic (exact) mass is 411 g/mol. The minimum Gasteiger partial charge on any atom is -0.494 e. The molecule has 0 aliphatic carbocycles. The van der Waals surface area contributed by atoms with E-state index in [-0.39, 0.29) is 14.9 Å². The molecule has 0 bridgehead atoms. The first kappa shape index (κ1) is 18.6. The maximum atomic E-state index is 12.6. The van der Waals surface area contributed by atoms with Gasteiger partial charge in [0.05, 0.1) is 35.4 Å². The Morgan fingerprint density at radius 3 is 2.38 bits per heavy atom. The smallest absolute Gasteiger partial charge is 0.261 e. The van der Waals surface area contributed by atoms with Crippen LogP contribution in [-0.2, 0) is 10.0 Å². The fourth-order valence-electron chi connectivity index (χ4n) is 2.41. The second kappa shape index (κ2) is 7.19. The molecule has 0 saturated carbocycles. The standard InChI is InChI=1S/C17H15Cl2N3O3S/c1-11-9-22(10-20-11)16-4-3-14(8-17(16)25-2)21-26(23,24)15-6-12(18)5-13(19)7-15/h3-10,21H,1-2H3. The van der Waals surface area contributed by atoms with E-state index < -0.39 is 10.0 Å². The number of methoxy groups -OCH3 is 1. The van der Waals surface area contributed by atoms with Crippen molar-refractivity contribution in [2.45, 2.75) is 11.8 Å². The Bertz CT molecular complexity index is 1040. The summed E-state index contributed by atoms with van der Waals surface area (Å²) in [5.74, 6) is 0.492. The van der Waals surface area contributed by atoms with Crippen LogP contribution in [0.25, 0.3) is 5.69 Å². The van der Waals surface area contributed by atoms with Crippen molar-refractivity contribution in [2.75, 3.05) is 11.8 Å². The van der Waals surface area contributed by atoms with Gasteiger partial charge in [-0.05, 0) is 37.3 Å². The predicted molar refractivity (Wildman–Crippen MR) is 102 cm³/mol. The molecule has 0 atom stereocenters. The highest BCUT2D eigenvalue weighted by atomic mass is 35.5. The van der Waals surface area contributed by atoms with Gasteiger partial charge in [-0.1, -0.05) is 23.2 Å². The zero-order valence-corrected chi connectivity index (χ0v) is 16.2. The number of aromatic nitrogens is 2. The van der Waals surface area contributed by atoms with E-state index in [9.17, 15) is 8.42 Å². The van der Waals surface area contributed by atoms with E-state index in [2.05, 4.69) is 9.71 Å². The predicted octanol–water partition coefficient (Wildman–Crippen LogP) is 4.30. The number of hydrogen-bond donors (Lipinski definition) is 1. The van der Waals surface area contributed by atoms with Crippen molar-refractivity contribution < 1.29 is 13.2 Å². The molecule has 1 N–H and O–H groups in total. The summed E-state index contributed by atoms with van der Waals surface area (Å²) in [7, 11) is -2.34. The Labute approximate surface area is 161 Å². The van der Waals surface area contributed by atoms with E-state index in [0.29, 0.717) is 11.4 Å². The summed E-state index contributed by atoms with van der Waals surface area (Å²) in [5, 5.41) is 0.475. The number of imidazole rings is 1. The highest BCUT2D eigenvalue weighted by Crippen LogP contribution is 2.29. The molecule has 6 nitrogen and oxygen atoms in total. The number of rotatable bonds is 5. The molecule has 9 heteroatoms. The first-order valence-corrected chi connectivity index (χ1v) is 9.70. The number of ether oxygens (including phenoxy) is 1. The number of benzene rings is 2. The van der Waals surface area contributed by atoms with Crippen LogP contribution in [0.2, 0.25) is 10.0 Å². The van der Waals surface area contributed by atoms with Crippen LogP contribution in [-0.4, -0.2) is 25.1 Å². The van der Waals surface area contributed by atoms with Gasteiger partial charge in [0.15, 0.2) is 0 Å². The molecule has 3 aromatic rings. The molecule has 1 aromatic heterocycles. The number of sulfonamides is 1. The molecule has 2 aromatic carbocycles. The van der Waals surface area contributed by atoms with E-state index in [0.717, 1.165) is 11.4 Å². The van der Waals surface area contributed by atoms with Gasteiger partial charge < -0.3 is 9.30 Å². The molecule has 26 heavy (non-hydrogen) atoms. The van der Waals surface area contributed by atoms with Crippen molar-refractivity contribution in [3.05, 3.63) is 64.7 Å². The Hall–Kier alpha value is -2.22. The van der Waals surface area contributed by atoms with Crippen molar-refractivity contribution >= 4 is 38.9 Å². The molecule has 3 rings (SSSR count). The molecule has 0 aliphatic heterocycles. The van der Waals surface area contributed by atoms with E-state index >= 15 is 0 Å². The lowest BCUT2D eigenvalue weighted by Gasteiger charge is -2.13. The Kier molecular flexibility index (Phi) is 5.13. The summed E-state index contributed by atoms with van der Waals surface area (Å²) < 4.78 is 34.8. The molecular weight excluding hydrogens is 397 g/mol. The summed E-state index contributed by atoms with van der Waals surface area (Å²) in [6.07, 6.45) is 3.50. The van der Waals surface area contributed by atoms with E-state index in [1.54, 1.807) is 29.1 Å². The Morgan fingerprint density at radius 1 is 1.12 bits per heavy atom. The zero-order valence-electron chi connectivity index (χ0n) is 13.9. The number of hydrogen-bond acceptors (Lipinski definition) is 4. The first-order valence-electron chi connectivity index (χ1n) is 7.46. The third kappa shape index (κ3) is 3.95. The molecule has 0 aliphatic rings. The lowest BCUT2D eigenvalue weighted by Crippen LogP contribution is -2.13. The maximum absolute atomic E-state index is 12.6.